The molecule has 0 aliphatic heterocycles. The van der Waals surface area contributed by atoms with E-state index in [1.807, 2.05) is 0 Å². The number of hydrogen-bond donors (Lipinski definition) is 1. The SMILES string of the molecule is Cc1oc(C(=O)NCC(C)(C)S(C)(=O)=O)cc1S(=O)(=O)Cl. The average molecular weight is 358 g/mol. The summed E-state index contributed by atoms with van der Waals surface area (Å²) in [4.78, 5) is 11.6. The van der Waals surface area contributed by atoms with Crippen LogP contribution in [0.5, 0.6) is 0 Å². The monoisotopic (exact) mass is 357 g/mol. The van der Waals surface area contributed by atoms with Crippen LogP contribution < -0.4 is 5.32 Å². The molecular weight excluding hydrogens is 342 g/mol. The van der Waals surface area contributed by atoms with E-state index in [9.17, 15) is 21.6 Å². The highest BCUT2D eigenvalue weighted by Gasteiger charge is 2.31. The summed E-state index contributed by atoms with van der Waals surface area (Å²) in [6.07, 6.45) is 1.06. The van der Waals surface area contributed by atoms with Gasteiger partial charge in [-0.05, 0) is 20.8 Å². The summed E-state index contributed by atoms with van der Waals surface area (Å²) in [7, 11) is -2.19. The lowest BCUT2D eigenvalue weighted by atomic mass is 10.2. The number of amides is 1. The lowest BCUT2D eigenvalue weighted by Gasteiger charge is -2.22. The van der Waals surface area contributed by atoms with Crippen LogP contribution in [-0.2, 0) is 18.9 Å². The highest BCUT2D eigenvalue weighted by atomic mass is 35.7. The number of nitrogens with one attached hydrogen (secondary N) is 1. The van der Waals surface area contributed by atoms with Crippen molar-refractivity contribution in [3.8, 4) is 0 Å². The number of halogens is 1. The lowest BCUT2D eigenvalue weighted by Crippen LogP contribution is -2.43. The summed E-state index contributed by atoms with van der Waals surface area (Å²) >= 11 is 0. The van der Waals surface area contributed by atoms with E-state index in [1.54, 1.807) is 0 Å². The van der Waals surface area contributed by atoms with Crippen molar-refractivity contribution in [3.63, 3.8) is 0 Å². The maximum atomic E-state index is 11.9. The van der Waals surface area contributed by atoms with Gasteiger partial charge in [0, 0.05) is 29.5 Å². The van der Waals surface area contributed by atoms with Crippen molar-refractivity contribution in [2.75, 3.05) is 12.8 Å². The van der Waals surface area contributed by atoms with E-state index in [0.717, 1.165) is 12.3 Å². The summed E-state index contributed by atoms with van der Waals surface area (Å²) < 4.78 is 49.4. The van der Waals surface area contributed by atoms with Gasteiger partial charge in [-0.2, -0.15) is 0 Å². The average Bonchev–Trinajstić information content (AvgIpc) is 2.66. The molecular formula is C11H16ClNO6S2. The molecule has 0 spiro atoms. The Morgan fingerprint density at radius 2 is 1.86 bits per heavy atom. The standard InChI is InChI=1S/C11H16ClNO6S2/c1-7-9(21(12,17)18)5-8(19-7)10(14)13-6-11(2,3)20(4,15)16/h5H,6H2,1-4H3,(H,13,14). The molecule has 0 aliphatic carbocycles. The number of hydrogen-bond acceptors (Lipinski definition) is 6. The molecule has 10 heteroatoms. The molecule has 0 saturated heterocycles. The normalized spacial score (nSPS) is 13.2. The molecule has 0 radical (unpaired) electrons. The van der Waals surface area contributed by atoms with Crippen molar-refractivity contribution < 1.29 is 26.0 Å². The second kappa shape index (κ2) is 5.62. The molecule has 1 aromatic heterocycles. The van der Waals surface area contributed by atoms with Gasteiger partial charge in [-0.1, -0.05) is 0 Å². The minimum absolute atomic E-state index is 0.0162. The third kappa shape index (κ3) is 4.21. The maximum absolute atomic E-state index is 11.9. The van der Waals surface area contributed by atoms with Crippen molar-refractivity contribution in [1.82, 2.24) is 5.32 Å². The molecule has 0 aliphatic rings. The predicted octanol–water partition coefficient (Wildman–Crippen LogP) is 1.07. The number of carbonyl (C=O) groups excluding carboxylic acids is 1. The fourth-order valence-corrected chi connectivity index (χ4v) is 2.76. The van der Waals surface area contributed by atoms with Crippen LogP contribution in [0.25, 0.3) is 0 Å². The molecule has 1 amide bonds. The second-order valence-electron chi connectivity index (χ2n) is 5.18. The molecule has 7 nitrogen and oxygen atoms in total. The molecule has 0 bridgehead atoms. The maximum Gasteiger partial charge on any atom is 0.287 e. The zero-order valence-electron chi connectivity index (χ0n) is 11.9. The van der Waals surface area contributed by atoms with Gasteiger partial charge < -0.3 is 9.73 Å². The van der Waals surface area contributed by atoms with Crippen LogP contribution in [0.1, 0.15) is 30.2 Å². The summed E-state index contributed by atoms with van der Waals surface area (Å²) in [6, 6.07) is 1.00. The Kier molecular flexibility index (Phi) is 4.81. The first-order chi connectivity index (χ1) is 9.25. The molecule has 0 atom stereocenters. The number of sulfone groups is 1. The zero-order valence-corrected chi connectivity index (χ0v) is 14.3. The van der Waals surface area contributed by atoms with Crippen LogP contribution in [0.3, 0.4) is 0 Å². The van der Waals surface area contributed by atoms with E-state index in [2.05, 4.69) is 5.32 Å². The van der Waals surface area contributed by atoms with Gasteiger partial charge in [-0.15, -0.1) is 0 Å². The van der Waals surface area contributed by atoms with E-state index in [-0.39, 0.29) is 23.0 Å². The Balaban J connectivity index is 2.93. The summed E-state index contributed by atoms with van der Waals surface area (Å²) in [5.74, 6) is -0.991. The molecule has 120 valence electrons. The fraction of sp³-hybridized carbons (Fsp3) is 0.545. The van der Waals surface area contributed by atoms with Gasteiger partial charge in [-0.25, -0.2) is 16.8 Å². The molecule has 0 fully saturated rings. The van der Waals surface area contributed by atoms with E-state index in [0.29, 0.717) is 0 Å². The largest absolute Gasteiger partial charge is 0.455 e. The van der Waals surface area contributed by atoms with Crippen LogP contribution in [0, 0.1) is 6.92 Å². The number of aryl methyl sites for hydroxylation is 1. The molecule has 0 aromatic carbocycles. The second-order valence-corrected chi connectivity index (χ2v) is 10.4. The quantitative estimate of drug-likeness (QED) is 0.789. The minimum Gasteiger partial charge on any atom is -0.455 e. The zero-order chi connectivity index (χ0) is 16.6. The Morgan fingerprint density at radius 1 is 1.33 bits per heavy atom. The van der Waals surface area contributed by atoms with Crippen molar-refractivity contribution in [1.29, 1.82) is 0 Å². The van der Waals surface area contributed by atoms with E-state index >= 15 is 0 Å². The van der Waals surface area contributed by atoms with E-state index < -0.39 is 29.5 Å². The van der Waals surface area contributed by atoms with Gasteiger partial charge in [0.1, 0.15) is 10.7 Å². The van der Waals surface area contributed by atoms with Crippen LogP contribution in [0.4, 0.5) is 0 Å². The summed E-state index contributed by atoms with van der Waals surface area (Å²) in [5.41, 5.74) is 0. The minimum atomic E-state index is -4.01. The highest BCUT2D eigenvalue weighted by Crippen LogP contribution is 2.23. The lowest BCUT2D eigenvalue weighted by molar-refractivity contribution is 0.0921. The number of carbonyl (C=O) groups is 1. The molecule has 21 heavy (non-hydrogen) atoms. The molecule has 0 saturated carbocycles. The van der Waals surface area contributed by atoms with Gasteiger partial charge in [0.25, 0.3) is 15.0 Å². The van der Waals surface area contributed by atoms with Crippen molar-refractivity contribution in [2.24, 2.45) is 0 Å². The molecule has 1 rings (SSSR count). The third-order valence-corrected chi connectivity index (χ3v) is 6.62. The van der Waals surface area contributed by atoms with Crippen molar-refractivity contribution in [2.45, 2.75) is 30.4 Å². The van der Waals surface area contributed by atoms with E-state index in [1.165, 1.54) is 20.8 Å². The number of furan rings is 1. The smallest absolute Gasteiger partial charge is 0.287 e. The summed E-state index contributed by atoms with van der Waals surface area (Å²) in [6.45, 7) is 4.13. The third-order valence-electron chi connectivity index (χ3n) is 3.04. The van der Waals surface area contributed by atoms with Crippen molar-refractivity contribution >= 4 is 35.5 Å². The van der Waals surface area contributed by atoms with E-state index in [4.69, 9.17) is 15.1 Å². The van der Waals surface area contributed by atoms with Gasteiger partial charge in [0.05, 0.1) is 4.75 Å². The fourth-order valence-electron chi connectivity index (χ4n) is 1.33. The van der Waals surface area contributed by atoms with Crippen LogP contribution >= 0.6 is 10.7 Å². The van der Waals surface area contributed by atoms with Crippen LogP contribution in [0.15, 0.2) is 15.4 Å². The Labute approximate surface area is 128 Å². The Bertz CT molecular complexity index is 761. The predicted molar refractivity (Wildman–Crippen MR) is 77.7 cm³/mol. The first-order valence-corrected chi connectivity index (χ1v) is 9.99. The highest BCUT2D eigenvalue weighted by molar-refractivity contribution is 8.13. The Morgan fingerprint density at radius 3 is 2.24 bits per heavy atom. The van der Waals surface area contributed by atoms with Crippen LogP contribution in [0.2, 0.25) is 0 Å². The first kappa shape index (κ1) is 18.0. The Hall–Kier alpha value is -1.06. The van der Waals surface area contributed by atoms with Gasteiger partial charge in [-0.3, -0.25) is 4.79 Å². The number of rotatable bonds is 5. The van der Waals surface area contributed by atoms with Gasteiger partial charge >= 0.3 is 0 Å². The first-order valence-electron chi connectivity index (χ1n) is 5.78. The molecule has 0 unspecified atom stereocenters. The molecule has 1 heterocycles. The van der Waals surface area contributed by atoms with Crippen molar-refractivity contribution in [3.05, 3.63) is 17.6 Å². The van der Waals surface area contributed by atoms with Gasteiger partial charge in [0.15, 0.2) is 15.6 Å². The summed E-state index contributed by atoms with van der Waals surface area (Å²) in [5, 5.41) is 2.39. The molecule has 1 N–H and O–H groups in total. The van der Waals surface area contributed by atoms with Gasteiger partial charge in [0.2, 0.25) is 0 Å². The van der Waals surface area contributed by atoms with Crippen LogP contribution in [-0.4, -0.2) is 40.3 Å². The molecule has 1 aromatic rings. The topological polar surface area (TPSA) is 111 Å².